The van der Waals surface area contributed by atoms with Crippen LogP contribution in [0.4, 0.5) is 5.82 Å². The summed E-state index contributed by atoms with van der Waals surface area (Å²) in [6.45, 7) is 0. The first-order chi connectivity index (χ1) is 5.65. The predicted octanol–water partition coefficient (Wildman–Crippen LogP) is 1.27. The van der Waals surface area contributed by atoms with E-state index in [1.165, 1.54) is 10.7 Å². The van der Waals surface area contributed by atoms with Crippen LogP contribution in [0, 0.1) is 10.1 Å². The van der Waals surface area contributed by atoms with Crippen LogP contribution in [0.2, 0.25) is 0 Å². The zero-order chi connectivity index (χ0) is 9.14. The lowest BCUT2D eigenvalue weighted by Crippen LogP contribution is -1.98. The summed E-state index contributed by atoms with van der Waals surface area (Å²) >= 11 is 3.26. The lowest BCUT2D eigenvalue weighted by atomic mass is 10.3. The van der Waals surface area contributed by atoms with Crippen LogP contribution in [0.25, 0.3) is 0 Å². The Bertz CT molecular complexity index is 297. The monoisotopic (exact) mass is 233 g/mol. The van der Waals surface area contributed by atoms with Crippen molar-refractivity contribution in [3.05, 3.63) is 21.9 Å². The first kappa shape index (κ1) is 9.18. The number of hydrogen-bond donors (Lipinski definition) is 0. The summed E-state index contributed by atoms with van der Waals surface area (Å²) in [6.07, 6.45) is 0.747. The van der Waals surface area contributed by atoms with E-state index < -0.39 is 4.92 Å². The Hall–Kier alpha value is -0.910. The Morgan fingerprint density at radius 2 is 2.50 bits per heavy atom. The van der Waals surface area contributed by atoms with Crippen LogP contribution in [-0.2, 0) is 13.5 Å². The SMILES string of the molecule is Cn1nc([N+](=O)[O-])cc1CCBr. The van der Waals surface area contributed by atoms with Crippen molar-refractivity contribution in [3.63, 3.8) is 0 Å². The number of aryl methyl sites for hydroxylation is 2. The highest BCUT2D eigenvalue weighted by atomic mass is 79.9. The van der Waals surface area contributed by atoms with Crippen LogP contribution in [0.15, 0.2) is 6.07 Å². The minimum Gasteiger partial charge on any atom is -0.358 e. The number of hydrogen-bond acceptors (Lipinski definition) is 3. The first-order valence-electron chi connectivity index (χ1n) is 3.38. The molecule has 0 atom stereocenters. The largest absolute Gasteiger partial charge is 0.390 e. The molecule has 1 heterocycles. The van der Waals surface area contributed by atoms with Crippen molar-refractivity contribution in [3.8, 4) is 0 Å². The van der Waals surface area contributed by atoms with E-state index in [0.29, 0.717) is 0 Å². The van der Waals surface area contributed by atoms with Gasteiger partial charge in [0.1, 0.15) is 0 Å². The Balaban J connectivity index is 2.92. The molecule has 1 rings (SSSR count). The predicted molar refractivity (Wildman–Crippen MR) is 47.4 cm³/mol. The summed E-state index contributed by atoms with van der Waals surface area (Å²) in [4.78, 5) is 9.80. The van der Waals surface area contributed by atoms with Crippen molar-refractivity contribution in [1.82, 2.24) is 9.78 Å². The van der Waals surface area contributed by atoms with Gasteiger partial charge >= 0.3 is 5.82 Å². The maximum Gasteiger partial charge on any atom is 0.390 e. The van der Waals surface area contributed by atoms with Crippen LogP contribution < -0.4 is 0 Å². The number of nitro groups is 1. The van der Waals surface area contributed by atoms with E-state index in [0.717, 1.165) is 17.4 Å². The standard InChI is InChI=1S/C6H8BrN3O2/c1-9-5(2-3-7)4-6(8-9)10(11)12/h4H,2-3H2,1H3. The number of halogens is 1. The average molecular weight is 234 g/mol. The third kappa shape index (κ3) is 1.82. The second-order valence-corrected chi connectivity index (χ2v) is 3.11. The topological polar surface area (TPSA) is 61.0 Å². The molecule has 0 unspecified atom stereocenters. The molecule has 1 aromatic rings. The van der Waals surface area contributed by atoms with Gasteiger partial charge in [0.25, 0.3) is 0 Å². The second kappa shape index (κ2) is 3.66. The van der Waals surface area contributed by atoms with Crippen molar-refractivity contribution < 1.29 is 4.92 Å². The molecule has 0 aliphatic rings. The first-order valence-corrected chi connectivity index (χ1v) is 4.50. The van der Waals surface area contributed by atoms with Gasteiger partial charge in [-0.15, -0.1) is 0 Å². The van der Waals surface area contributed by atoms with Gasteiger partial charge in [-0.2, -0.15) is 4.68 Å². The van der Waals surface area contributed by atoms with Crippen molar-refractivity contribution >= 4 is 21.7 Å². The summed E-state index contributed by atoms with van der Waals surface area (Å²) in [5.74, 6) is -0.0894. The van der Waals surface area contributed by atoms with E-state index in [4.69, 9.17) is 0 Å². The van der Waals surface area contributed by atoms with Crippen LogP contribution in [0.1, 0.15) is 5.69 Å². The summed E-state index contributed by atoms with van der Waals surface area (Å²) in [6, 6.07) is 1.49. The number of alkyl halides is 1. The maximum absolute atomic E-state index is 10.3. The molecular weight excluding hydrogens is 226 g/mol. The average Bonchev–Trinajstić information content (AvgIpc) is 2.34. The quantitative estimate of drug-likeness (QED) is 0.449. The third-order valence-corrected chi connectivity index (χ3v) is 1.90. The van der Waals surface area contributed by atoms with Crippen LogP contribution in [0.5, 0.6) is 0 Å². The molecule has 0 radical (unpaired) electrons. The van der Waals surface area contributed by atoms with E-state index in [2.05, 4.69) is 21.0 Å². The van der Waals surface area contributed by atoms with E-state index in [-0.39, 0.29) is 5.82 Å². The second-order valence-electron chi connectivity index (χ2n) is 2.31. The fourth-order valence-electron chi connectivity index (χ4n) is 0.909. The van der Waals surface area contributed by atoms with Gasteiger partial charge in [-0.3, -0.25) is 0 Å². The molecule has 0 saturated heterocycles. The number of nitrogens with zero attached hydrogens (tertiary/aromatic N) is 3. The zero-order valence-electron chi connectivity index (χ0n) is 6.53. The summed E-state index contributed by atoms with van der Waals surface area (Å²) in [7, 11) is 1.70. The lowest BCUT2D eigenvalue weighted by molar-refractivity contribution is -0.389. The fraction of sp³-hybridized carbons (Fsp3) is 0.500. The highest BCUT2D eigenvalue weighted by Gasteiger charge is 2.14. The Labute approximate surface area is 77.7 Å². The molecule has 0 aliphatic heterocycles. The van der Waals surface area contributed by atoms with Crippen LogP contribution in [-0.4, -0.2) is 20.0 Å². The van der Waals surface area contributed by atoms with Gasteiger partial charge in [0, 0.05) is 11.8 Å². The summed E-state index contributed by atoms with van der Waals surface area (Å²) in [5, 5.41) is 14.8. The zero-order valence-corrected chi connectivity index (χ0v) is 8.11. The smallest absolute Gasteiger partial charge is 0.358 e. The van der Waals surface area contributed by atoms with Crippen molar-refractivity contribution in [2.24, 2.45) is 7.05 Å². The van der Waals surface area contributed by atoms with Crippen LogP contribution >= 0.6 is 15.9 Å². The van der Waals surface area contributed by atoms with Crippen LogP contribution in [0.3, 0.4) is 0 Å². The van der Waals surface area contributed by atoms with Crippen molar-refractivity contribution in [2.75, 3.05) is 5.33 Å². The minimum atomic E-state index is -0.488. The number of aromatic nitrogens is 2. The molecule has 1 aromatic heterocycles. The molecule has 0 aromatic carbocycles. The van der Waals surface area contributed by atoms with E-state index >= 15 is 0 Å². The molecule has 66 valence electrons. The van der Waals surface area contributed by atoms with Gasteiger partial charge in [-0.1, -0.05) is 15.9 Å². The maximum atomic E-state index is 10.3. The van der Waals surface area contributed by atoms with Crippen molar-refractivity contribution in [1.29, 1.82) is 0 Å². The molecule has 0 saturated carbocycles. The lowest BCUT2D eigenvalue weighted by Gasteiger charge is -1.90. The molecule has 0 spiro atoms. The summed E-state index contributed by atoms with van der Waals surface area (Å²) in [5.41, 5.74) is 0.860. The fourth-order valence-corrected chi connectivity index (χ4v) is 1.32. The Morgan fingerprint density at radius 3 is 2.92 bits per heavy atom. The number of rotatable bonds is 3. The van der Waals surface area contributed by atoms with Gasteiger partial charge in [-0.25, -0.2) is 0 Å². The highest BCUT2D eigenvalue weighted by molar-refractivity contribution is 9.09. The Kier molecular flexibility index (Phi) is 2.80. The highest BCUT2D eigenvalue weighted by Crippen LogP contribution is 2.11. The molecule has 0 aliphatic carbocycles. The van der Waals surface area contributed by atoms with Gasteiger partial charge in [0.2, 0.25) is 0 Å². The molecular formula is C6H8BrN3O2. The van der Waals surface area contributed by atoms with Crippen molar-refractivity contribution in [2.45, 2.75) is 6.42 Å². The van der Waals surface area contributed by atoms with E-state index in [1.807, 2.05) is 0 Å². The Morgan fingerprint density at radius 1 is 1.83 bits per heavy atom. The van der Waals surface area contributed by atoms with Gasteiger partial charge in [0.15, 0.2) is 0 Å². The minimum absolute atomic E-state index is 0.0894. The molecule has 12 heavy (non-hydrogen) atoms. The van der Waals surface area contributed by atoms with Gasteiger partial charge < -0.3 is 10.1 Å². The molecule has 0 N–H and O–H groups in total. The van der Waals surface area contributed by atoms with Gasteiger partial charge in [-0.05, 0) is 4.92 Å². The molecule has 0 amide bonds. The third-order valence-electron chi connectivity index (χ3n) is 1.50. The molecule has 6 heteroatoms. The normalized spacial score (nSPS) is 10.2. The molecule has 5 nitrogen and oxygen atoms in total. The van der Waals surface area contributed by atoms with E-state index in [9.17, 15) is 10.1 Å². The van der Waals surface area contributed by atoms with E-state index in [1.54, 1.807) is 7.05 Å². The van der Waals surface area contributed by atoms with Gasteiger partial charge in [0.05, 0.1) is 23.9 Å². The molecule has 0 fully saturated rings. The summed E-state index contributed by atoms with van der Waals surface area (Å²) < 4.78 is 1.53. The molecule has 0 bridgehead atoms.